The van der Waals surface area contributed by atoms with Crippen LogP contribution in [0.5, 0.6) is 0 Å². The van der Waals surface area contributed by atoms with Gasteiger partial charge in [0.25, 0.3) is 0 Å². The maximum Gasteiger partial charge on any atom is 0.498 e. The van der Waals surface area contributed by atoms with Crippen molar-refractivity contribution >= 4 is 72.4 Å². The molecule has 5 heterocycles. The van der Waals surface area contributed by atoms with Crippen molar-refractivity contribution in [3.05, 3.63) is 354 Å². The molecule has 14 aromatic carbocycles. The first-order chi connectivity index (χ1) is 55.4. The zero-order valence-corrected chi connectivity index (χ0v) is 66.0. The summed E-state index contributed by atoms with van der Waals surface area (Å²) in [5.74, 6) is 3.90. The SMILES string of the molecule is Brc1cccc(-c2nc(-c3ccccc3)nc(-c3ccccc3)n2)c1.CC1(C)c2ccccc2-c2ccc(-c3cccc4c3oc3c(-c5cccc(-c6nc(-c7ccccc7)nc(-c7ccccc7)n6)c5)cccc34)cc21.CC1(C)c2ccccc2-c2ccc(-c3cccc4c3oc3c(B5OC(C)(C)C(C)(C)O5)cccc34)cc21. The number of nitrogens with zero attached hydrogens (tertiary/aromatic N) is 6. The van der Waals surface area contributed by atoms with Crippen molar-refractivity contribution in [1.82, 2.24) is 29.9 Å². The minimum atomic E-state index is -0.475. The molecule has 18 aromatic rings. The van der Waals surface area contributed by atoms with Crippen LogP contribution >= 0.6 is 15.9 Å². The van der Waals surface area contributed by atoms with E-state index >= 15 is 0 Å². The van der Waals surface area contributed by atoms with Crippen molar-refractivity contribution < 1.29 is 18.1 Å². The van der Waals surface area contributed by atoms with E-state index in [2.05, 4.69) is 258 Å². The first-order valence-corrected chi connectivity index (χ1v) is 39.5. The number of benzene rings is 14. The Bertz CT molecular complexity index is 6650. The number of rotatable bonds is 10. The van der Waals surface area contributed by atoms with Gasteiger partial charge in [0.15, 0.2) is 34.9 Å². The van der Waals surface area contributed by atoms with E-state index in [0.717, 1.165) is 115 Å². The fourth-order valence-corrected chi connectivity index (χ4v) is 17.0. The molecule has 0 radical (unpaired) electrons. The first-order valence-electron chi connectivity index (χ1n) is 38.7. The van der Waals surface area contributed by atoms with Crippen molar-refractivity contribution in [3.8, 4) is 124 Å². The maximum atomic E-state index is 6.91. The van der Waals surface area contributed by atoms with Crippen LogP contribution in [-0.2, 0) is 20.1 Å². The van der Waals surface area contributed by atoms with Gasteiger partial charge in [-0.15, -0.1) is 0 Å². The lowest BCUT2D eigenvalue weighted by molar-refractivity contribution is 0.00578. The Labute approximate surface area is 671 Å². The molecule has 10 nitrogen and oxygen atoms in total. The van der Waals surface area contributed by atoms with Crippen molar-refractivity contribution in [2.75, 3.05) is 0 Å². The number of hydrogen-bond donors (Lipinski definition) is 0. The summed E-state index contributed by atoms with van der Waals surface area (Å²) in [6.07, 6.45) is 0. The second-order valence-corrected chi connectivity index (χ2v) is 32.5. The van der Waals surface area contributed by atoms with Crippen LogP contribution in [0.1, 0.15) is 77.6 Å². The molecule has 0 N–H and O–H groups in total. The summed E-state index contributed by atoms with van der Waals surface area (Å²) >= 11 is 3.52. The molecule has 1 saturated heterocycles. The van der Waals surface area contributed by atoms with E-state index in [1.165, 1.54) is 50.1 Å². The van der Waals surface area contributed by atoms with E-state index in [-0.39, 0.29) is 10.8 Å². The number of para-hydroxylation sites is 4. The molecule has 12 heteroatoms. The molecule has 21 rings (SSSR count). The van der Waals surface area contributed by atoms with Gasteiger partial charge in [-0.05, 0) is 119 Å². The standard InChI is InChI=1S/C48H33N3O.C33H31BO3.C21H14BrN3/c1-48(2)41-25-10-9-20-37(41)38-27-26-33(29-42(38)48)36-22-13-24-40-39-23-12-21-35(43(39)52-44(36)40)32-18-11-19-34(28-32)47-50-45(30-14-5-3-6-15-30)49-46(51-47)31-16-7-4-8-17-31;1-31(2)26-15-8-7-11-22(26)23-18-17-20(19-27(23)31)21-12-9-13-24-25-14-10-16-28(30(25)35-29(21)24)34-36-32(3,4)33(5,6)37-34;22-18-13-7-12-17(14-18)21-24-19(15-8-3-1-4-9-15)23-20(25-21)16-10-5-2-6-11-16/h3-29H,1-2H3;7-19H,1-6H3;1-14H. The van der Waals surface area contributed by atoms with Crippen molar-refractivity contribution in [3.63, 3.8) is 0 Å². The van der Waals surface area contributed by atoms with Crippen LogP contribution in [0.25, 0.3) is 168 Å². The highest BCUT2D eigenvalue weighted by atomic mass is 79.9. The molecular weight excluding hydrogens is 1460 g/mol. The van der Waals surface area contributed by atoms with E-state index in [4.69, 9.17) is 43.1 Å². The number of furan rings is 2. The van der Waals surface area contributed by atoms with Gasteiger partial charge in [-0.2, -0.15) is 0 Å². The quantitative estimate of drug-likeness (QED) is 0.122. The van der Waals surface area contributed by atoms with Gasteiger partial charge in [0.1, 0.15) is 22.3 Å². The van der Waals surface area contributed by atoms with Gasteiger partial charge in [0.2, 0.25) is 0 Å². The van der Waals surface area contributed by atoms with E-state index < -0.39 is 18.3 Å². The Morgan fingerprint density at radius 1 is 0.237 bits per heavy atom. The lowest BCUT2D eigenvalue weighted by Crippen LogP contribution is -2.41. The van der Waals surface area contributed by atoms with Gasteiger partial charge in [-0.3, -0.25) is 0 Å². The van der Waals surface area contributed by atoms with Gasteiger partial charge < -0.3 is 18.1 Å². The summed E-state index contributed by atoms with van der Waals surface area (Å²) < 4.78 is 27.4. The van der Waals surface area contributed by atoms with E-state index in [1.54, 1.807) is 0 Å². The van der Waals surface area contributed by atoms with E-state index in [0.29, 0.717) is 34.9 Å². The van der Waals surface area contributed by atoms with Crippen LogP contribution in [0.3, 0.4) is 0 Å². The summed E-state index contributed by atoms with van der Waals surface area (Å²) in [4.78, 5) is 28.9. The normalized spacial score (nSPS) is 14.4. The lowest BCUT2D eigenvalue weighted by atomic mass is 9.78. The number of halogens is 1. The maximum absolute atomic E-state index is 6.91. The Morgan fingerprint density at radius 2 is 0.526 bits per heavy atom. The predicted octanol–water partition coefficient (Wildman–Crippen LogP) is 25.9. The molecule has 550 valence electrons. The van der Waals surface area contributed by atoms with Gasteiger partial charge in [-0.25, -0.2) is 29.9 Å². The van der Waals surface area contributed by atoms with Crippen LogP contribution in [0.2, 0.25) is 0 Å². The molecular formula is C102H78BBrN6O4. The summed E-state index contributed by atoms with van der Waals surface area (Å²) in [5, 5.41) is 4.38. The van der Waals surface area contributed by atoms with Gasteiger partial charge >= 0.3 is 7.12 Å². The van der Waals surface area contributed by atoms with Crippen molar-refractivity contribution in [2.45, 2.75) is 77.4 Å². The van der Waals surface area contributed by atoms with E-state index in [1.807, 2.05) is 146 Å². The third kappa shape index (κ3) is 12.7. The minimum Gasteiger partial charge on any atom is -0.456 e. The summed E-state index contributed by atoms with van der Waals surface area (Å²) in [5.41, 5.74) is 26.5. The second kappa shape index (κ2) is 28.4. The van der Waals surface area contributed by atoms with E-state index in [9.17, 15) is 0 Å². The molecule has 2 aliphatic carbocycles. The van der Waals surface area contributed by atoms with Crippen molar-refractivity contribution in [2.24, 2.45) is 0 Å². The lowest BCUT2D eigenvalue weighted by Gasteiger charge is -2.32. The Hall–Kier alpha value is -12.8. The molecule has 0 bridgehead atoms. The molecule has 1 fully saturated rings. The van der Waals surface area contributed by atoms with Crippen LogP contribution in [-0.4, -0.2) is 48.2 Å². The Kier molecular flexibility index (Phi) is 17.8. The summed E-state index contributed by atoms with van der Waals surface area (Å²) in [6, 6.07) is 113. The average molecular weight is 1540 g/mol. The third-order valence-electron chi connectivity index (χ3n) is 23.3. The minimum absolute atomic E-state index is 0.0480. The molecule has 0 unspecified atom stereocenters. The molecule has 4 aromatic heterocycles. The zero-order valence-electron chi connectivity index (χ0n) is 64.4. The molecule has 0 saturated carbocycles. The van der Waals surface area contributed by atoms with Gasteiger partial charge in [0, 0.05) is 92.4 Å². The van der Waals surface area contributed by atoms with Crippen molar-refractivity contribution in [1.29, 1.82) is 0 Å². The Balaban J connectivity index is 0.000000123. The summed E-state index contributed by atoms with van der Waals surface area (Å²) in [7, 11) is -0.475. The largest absolute Gasteiger partial charge is 0.498 e. The first kappa shape index (κ1) is 71.5. The molecule has 114 heavy (non-hydrogen) atoms. The second-order valence-electron chi connectivity index (χ2n) is 31.6. The van der Waals surface area contributed by atoms with Gasteiger partial charge in [-0.1, -0.05) is 341 Å². The number of hydrogen-bond acceptors (Lipinski definition) is 10. The zero-order chi connectivity index (χ0) is 77.6. The van der Waals surface area contributed by atoms with Crippen LogP contribution in [0, 0.1) is 0 Å². The molecule has 0 amide bonds. The Morgan fingerprint density at radius 3 is 0.930 bits per heavy atom. The number of aromatic nitrogens is 6. The highest BCUT2D eigenvalue weighted by molar-refractivity contribution is 9.10. The fourth-order valence-electron chi connectivity index (χ4n) is 16.6. The van der Waals surface area contributed by atoms with Crippen LogP contribution < -0.4 is 5.46 Å². The molecule has 0 spiro atoms. The smallest absolute Gasteiger partial charge is 0.456 e. The average Bonchev–Trinajstić information content (AvgIpc) is 1.58. The molecule has 1 aliphatic heterocycles. The van der Waals surface area contributed by atoms with Gasteiger partial charge in [0.05, 0.1) is 11.2 Å². The highest BCUT2D eigenvalue weighted by Gasteiger charge is 2.52. The fraction of sp³-hybridized carbons (Fsp3) is 0.118. The summed E-state index contributed by atoms with van der Waals surface area (Å²) in [6.45, 7) is 17.6. The monoisotopic (exact) mass is 1540 g/mol. The third-order valence-corrected chi connectivity index (χ3v) is 23.8. The highest BCUT2D eigenvalue weighted by Crippen LogP contribution is 2.53. The number of fused-ring (bicyclic) bond motifs is 12. The predicted molar refractivity (Wildman–Crippen MR) is 468 cm³/mol. The van der Waals surface area contributed by atoms with Crippen LogP contribution in [0.4, 0.5) is 0 Å². The molecule has 0 atom stereocenters. The molecule has 3 aliphatic rings. The van der Waals surface area contributed by atoms with Crippen LogP contribution in [0.15, 0.2) is 341 Å². The topological polar surface area (TPSA) is 122 Å².